The standard InChI is InChI=1S/C12H20ClNO4S/c1-12(2,3)18-11(15)14-8-4-5-9(14)7-10(6-8)19(13,16)17/h8-10H,4-7H2,1-3H3. The molecule has 2 aliphatic rings. The summed E-state index contributed by atoms with van der Waals surface area (Å²) in [5, 5.41) is -0.537. The average Bonchev–Trinajstić information content (AvgIpc) is 2.45. The van der Waals surface area contributed by atoms with Gasteiger partial charge in [0.25, 0.3) is 0 Å². The second-order valence-corrected chi connectivity index (χ2v) is 9.25. The van der Waals surface area contributed by atoms with Crippen molar-refractivity contribution in [1.82, 2.24) is 4.90 Å². The van der Waals surface area contributed by atoms with Crippen molar-refractivity contribution >= 4 is 25.8 Å². The Kier molecular flexibility index (Phi) is 3.77. The smallest absolute Gasteiger partial charge is 0.410 e. The Labute approximate surface area is 118 Å². The molecule has 110 valence electrons. The van der Waals surface area contributed by atoms with Crippen LogP contribution in [-0.2, 0) is 13.8 Å². The molecule has 0 aromatic rings. The molecule has 2 rings (SSSR count). The topological polar surface area (TPSA) is 63.7 Å². The first-order chi connectivity index (χ1) is 8.58. The molecule has 2 aliphatic heterocycles. The van der Waals surface area contributed by atoms with Crippen LogP contribution in [0.15, 0.2) is 0 Å². The lowest BCUT2D eigenvalue weighted by Gasteiger charge is -2.38. The lowest BCUT2D eigenvalue weighted by Crippen LogP contribution is -2.50. The van der Waals surface area contributed by atoms with Crippen LogP contribution in [0.5, 0.6) is 0 Å². The Hall–Kier alpha value is -0.490. The van der Waals surface area contributed by atoms with E-state index in [0.29, 0.717) is 12.8 Å². The maximum Gasteiger partial charge on any atom is 0.410 e. The average molecular weight is 310 g/mol. The SMILES string of the molecule is CC(C)(C)OC(=O)N1C2CCC1CC(S(=O)(=O)Cl)C2. The summed E-state index contributed by atoms with van der Waals surface area (Å²) in [6, 6.07) is -0.126. The summed E-state index contributed by atoms with van der Waals surface area (Å²) in [6.45, 7) is 5.47. The molecule has 0 aliphatic carbocycles. The lowest BCUT2D eigenvalue weighted by molar-refractivity contribution is 0.00819. The van der Waals surface area contributed by atoms with E-state index in [1.54, 1.807) is 4.90 Å². The Morgan fingerprint density at radius 1 is 1.21 bits per heavy atom. The number of nitrogens with zero attached hydrogens (tertiary/aromatic N) is 1. The molecule has 0 aromatic heterocycles. The first kappa shape index (κ1) is 14.9. The van der Waals surface area contributed by atoms with E-state index in [1.807, 2.05) is 20.8 Å². The van der Waals surface area contributed by atoms with Crippen molar-refractivity contribution in [2.45, 2.75) is 69.4 Å². The number of fused-ring (bicyclic) bond motifs is 2. The molecule has 19 heavy (non-hydrogen) atoms. The molecule has 2 bridgehead atoms. The van der Waals surface area contributed by atoms with Gasteiger partial charge in [-0.3, -0.25) is 0 Å². The van der Waals surface area contributed by atoms with E-state index in [1.165, 1.54) is 0 Å². The predicted molar refractivity (Wildman–Crippen MR) is 72.7 cm³/mol. The summed E-state index contributed by atoms with van der Waals surface area (Å²) >= 11 is 0. The van der Waals surface area contributed by atoms with Gasteiger partial charge in [-0.15, -0.1) is 0 Å². The van der Waals surface area contributed by atoms with Crippen LogP contribution in [0.2, 0.25) is 0 Å². The van der Waals surface area contributed by atoms with Gasteiger partial charge in [0.05, 0.1) is 5.25 Å². The quantitative estimate of drug-likeness (QED) is 0.698. The molecule has 2 saturated heterocycles. The number of carbonyl (C=O) groups is 1. The summed E-state index contributed by atoms with van der Waals surface area (Å²) in [5.74, 6) is 0. The van der Waals surface area contributed by atoms with Gasteiger partial charge >= 0.3 is 6.09 Å². The highest BCUT2D eigenvalue weighted by Crippen LogP contribution is 2.39. The van der Waals surface area contributed by atoms with E-state index in [2.05, 4.69) is 0 Å². The highest BCUT2D eigenvalue weighted by atomic mass is 35.7. The lowest BCUT2D eigenvalue weighted by atomic mass is 10.0. The van der Waals surface area contributed by atoms with Crippen LogP contribution in [0.3, 0.4) is 0 Å². The molecule has 2 atom stereocenters. The normalized spacial score (nSPS) is 31.4. The van der Waals surface area contributed by atoms with Crippen molar-refractivity contribution in [2.24, 2.45) is 0 Å². The molecule has 2 unspecified atom stereocenters. The van der Waals surface area contributed by atoms with Crippen LogP contribution in [-0.4, -0.2) is 42.3 Å². The molecular weight excluding hydrogens is 290 g/mol. The second kappa shape index (κ2) is 4.81. The van der Waals surface area contributed by atoms with Crippen LogP contribution in [0.1, 0.15) is 46.5 Å². The van der Waals surface area contributed by atoms with Crippen molar-refractivity contribution in [2.75, 3.05) is 0 Å². The van der Waals surface area contributed by atoms with Crippen LogP contribution < -0.4 is 0 Å². The van der Waals surface area contributed by atoms with Gasteiger partial charge < -0.3 is 9.64 Å². The molecular formula is C12H20ClNO4S. The number of halogens is 1. The van der Waals surface area contributed by atoms with Gasteiger partial charge in [0.15, 0.2) is 0 Å². The minimum atomic E-state index is -3.54. The minimum Gasteiger partial charge on any atom is -0.444 e. The zero-order valence-corrected chi connectivity index (χ0v) is 13.0. The van der Waals surface area contributed by atoms with E-state index >= 15 is 0 Å². The Bertz CT molecular complexity index is 457. The third-order valence-electron chi connectivity index (χ3n) is 3.69. The van der Waals surface area contributed by atoms with E-state index in [9.17, 15) is 13.2 Å². The molecule has 5 nitrogen and oxygen atoms in total. The molecule has 0 spiro atoms. The molecule has 2 heterocycles. The van der Waals surface area contributed by atoms with E-state index in [0.717, 1.165) is 12.8 Å². The van der Waals surface area contributed by atoms with Crippen molar-refractivity contribution in [3.8, 4) is 0 Å². The van der Waals surface area contributed by atoms with Gasteiger partial charge in [0.1, 0.15) is 5.60 Å². The van der Waals surface area contributed by atoms with Crippen LogP contribution >= 0.6 is 10.7 Å². The highest BCUT2D eigenvalue weighted by Gasteiger charge is 2.47. The molecule has 2 fully saturated rings. The first-order valence-corrected chi connectivity index (χ1v) is 8.90. The van der Waals surface area contributed by atoms with Crippen molar-refractivity contribution in [3.63, 3.8) is 0 Å². The third kappa shape index (κ3) is 3.34. The maximum atomic E-state index is 12.2. The van der Waals surface area contributed by atoms with Crippen LogP contribution in [0, 0.1) is 0 Å². The summed E-state index contributed by atoms with van der Waals surface area (Å²) in [6.07, 6.45) is 2.15. The van der Waals surface area contributed by atoms with Crippen molar-refractivity contribution in [1.29, 1.82) is 0 Å². The van der Waals surface area contributed by atoms with Gasteiger partial charge in [-0.2, -0.15) is 0 Å². The number of piperidine rings is 1. The predicted octanol–water partition coefficient (Wildman–Crippen LogP) is 2.49. The molecule has 1 amide bonds. The monoisotopic (exact) mass is 309 g/mol. The Morgan fingerprint density at radius 2 is 1.68 bits per heavy atom. The zero-order valence-electron chi connectivity index (χ0n) is 11.4. The summed E-state index contributed by atoms with van der Waals surface area (Å²) < 4.78 is 28.3. The van der Waals surface area contributed by atoms with Crippen molar-refractivity contribution in [3.05, 3.63) is 0 Å². The van der Waals surface area contributed by atoms with Crippen LogP contribution in [0.25, 0.3) is 0 Å². The fourth-order valence-electron chi connectivity index (χ4n) is 2.97. The van der Waals surface area contributed by atoms with Gasteiger partial charge in [-0.25, -0.2) is 13.2 Å². The summed E-state index contributed by atoms with van der Waals surface area (Å²) in [5.41, 5.74) is -0.536. The minimum absolute atomic E-state index is 0.0628. The highest BCUT2D eigenvalue weighted by molar-refractivity contribution is 8.14. The van der Waals surface area contributed by atoms with Gasteiger partial charge in [-0.05, 0) is 46.5 Å². The summed E-state index contributed by atoms with van der Waals surface area (Å²) in [7, 11) is 1.90. The number of hydrogen-bond acceptors (Lipinski definition) is 4. The fourth-order valence-corrected chi connectivity index (χ4v) is 4.31. The molecule has 0 saturated carbocycles. The number of hydrogen-bond donors (Lipinski definition) is 0. The molecule has 7 heteroatoms. The molecule has 0 N–H and O–H groups in total. The number of ether oxygens (including phenoxy) is 1. The summed E-state index contributed by atoms with van der Waals surface area (Å²) in [4.78, 5) is 13.9. The Balaban J connectivity index is 2.10. The molecule has 0 aromatic carbocycles. The van der Waals surface area contributed by atoms with E-state index < -0.39 is 19.9 Å². The van der Waals surface area contributed by atoms with Gasteiger partial charge in [0, 0.05) is 22.8 Å². The largest absolute Gasteiger partial charge is 0.444 e. The number of rotatable bonds is 1. The molecule has 0 radical (unpaired) electrons. The third-order valence-corrected chi connectivity index (χ3v) is 5.63. The zero-order chi connectivity index (χ0) is 14.4. The Morgan fingerprint density at radius 3 is 2.05 bits per heavy atom. The van der Waals surface area contributed by atoms with E-state index in [4.69, 9.17) is 15.4 Å². The van der Waals surface area contributed by atoms with Crippen LogP contribution in [0.4, 0.5) is 4.79 Å². The fraction of sp³-hybridized carbons (Fsp3) is 0.917. The van der Waals surface area contributed by atoms with Gasteiger partial charge in [0.2, 0.25) is 9.05 Å². The van der Waals surface area contributed by atoms with E-state index in [-0.39, 0.29) is 18.2 Å². The number of amides is 1. The second-order valence-electron chi connectivity index (χ2n) is 6.34. The van der Waals surface area contributed by atoms with Gasteiger partial charge in [-0.1, -0.05) is 0 Å². The maximum absolute atomic E-state index is 12.2. The first-order valence-electron chi connectivity index (χ1n) is 6.53. The number of carbonyl (C=O) groups excluding carboxylic acids is 1. The van der Waals surface area contributed by atoms with Crippen molar-refractivity contribution < 1.29 is 17.9 Å².